The van der Waals surface area contributed by atoms with Crippen LogP contribution in [-0.2, 0) is 11.3 Å². The van der Waals surface area contributed by atoms with E-state index in [0.29, 0.717) is 12.6 Å². The predicted octanol–water partition coefficient (Wildman–Crippen LogP) is 3.34. The van der Waals surface area contributed by atoms with Gasteiger partial charge in [0.15, 0.2) is 0 Å². The zero-order valence-corrected chi connectivity index (χ0v) is 10.2. The molecule has 0 radical (unpaired) electrons. The van der Waals surface area contributed by atoms with Crippen LogP contribution in [0.5, 0.6) is 0 Å². The number of benzene rings is 2. The summed E-state index contributed by atoms with van der Waals surface area (Å²) in [5.74, 6) is 0. The van der Waals surface area contributed by atoms with Gasteiger partial charge in [0.1, 0.15) is 6.61 Å². The summed E-state index contributed by atoms with van der Waals surface area (Å²) < 4.78 is 5.70. The summed E-state index contributed by atoms with van der Waals surface area (Å²) >= 11 is 0. The van der Waals surface area contributed by atoms with Crippen molar-refractivity contribution in [1.82, 2.24) is 0 Å². The van der Waals surface area contributed by atoms with Crippen LogP contribution in [-0.4, -0.2) is 13.1 Å². The average Bonchev–Trinajstić information content (AvgIpc) is 2.43. The standard InChI is InChI=1S/C15H14N2O/c1-17-14-10-6-5-7-12(14)11-18-15(17)16-13-8-3-2-4-9-13/h2-10H,11H2,1H3. The topological polar surface area (TPSA) is 24.8 Å². The fourth-order valence-electron chi connectivity index (χ4n) is 2.02. The molecule has 2 aromatic rings. The highest BCUT2D eigenvalue weighted by atomic mass is 16.5. The van der Waals surface area contributed by atoms with Crippen molar-refractivity contribution in [3.63, 3.8) is 0 Å². The van der Waals surface area contributed by atoms with Crippen molar-refractivity contribution in [2.45, 2.75) is 6.61 Å². The highest BCUT2D eigenvalue weighted by molar-refractivity contribution is 5.95. The smallest absolute Gasteiger partial charge is 0.297 e. The highest BCUT2D eigenvalue weighted by Gasteiger charge is 2.19. The largest absolute Gasteiger partial charge is 0.460 e. The third-order valence-electron chi connectivity index (χ3n) is 2.98. The lowest BCUT2D eigenvalue weighted by Crippen LogP contribution is -2.33. The van der Waals surface area contributed by atoms with Crippen molar-refractivity contribution in [2.75, 3.05) is 11.9 Å². The van der Waals surface area contributed by atoms with Crippen molar-refractivity contribution in [3.05, 3.63) is 60.2 Å². The second-order valence-electron chi connectivity index (χ2n) is 4.21. The number of para-hydroxylation sites is 2. The first-order valence-corrected chi connectivity index (χ1v) is 5.93. The first-order valence-electron chi connectivity index (χ1n) is 5.93. The molecule has 0 N–H and O–H groups in total. The molecule has 1 heterocycles. The number of amidine groups is 1. The molecule has 0 unspecified atom stereocenters. The number of hydrogen-bond acceptors (Lipinski definition) is 2. The molecular weight excluding hydrogens is 224 g/mol. The van der Waals surface area contributed by atoms with Gasteiger partial charge in [0.2, 0.25) is 0 Å². The Morgan fingerprint density at radius 2 is 1.72 bits per heavy atom. The minimum atomic E-state index is 0.576. The van der Waals surface area contributed by atoms with E-state index in [4.69, 9.17) is 4.74 Å². The molecule has 0 spiro atoms. The maximum absolute atomic E-state index is 5.70. The van der Waals surface area contributed by atoms with Crippen LogP contribution in [0.25, 0.3) is 0 Å². The van der Waals surface area contributed by atoms with Gasteiger partial charge in [0.25, 0.3) is 6.02 Å². The molecule has 3 heteroatoms. The van der Waals surface area contributed by atoms with Gasteiger partial charge in [-0.2, -0.15) is 4.99 Å². The van der Waals surface area contributed by atoms with Crippen molar-refractivity contribution >= 4 is 17.4 Å². The maximum atomic E-state index is 5.70. The Morgan fingerprint density at radius 3 is 2.56 bits per heavy atom. The van der Waals surface area contributed by atoms with Crippen LogP contribution in [0.15, 0.2) is 59.6 Å². The van der Waals surface area contributed by atoms with Gasteiger partial charge in [0, 0.05) is 12.6 Å². The van der Waals surface area contributed by atoms with Crippen LogP contribution in [0, 0.1) is 0 Å². The van der Waals surface area contributed by atoms with Gasteiger partial charge in [0.05, 0.1) is 11.4 Å². The Balaban J connectivity index is 1.96. The number of rotatable bonds is 1. The van der Waals surface area contributed by atoms with Gasteiger partial charge < -0.3 is 4.74 Å². The van der Waals surface area contributed by atoms with E-state index in [1.165, 1.54) is 5.56 Å². The minimum Gasteiger partial charge on any atom is -0.460 e. The molecule has 3 rings (SSSR count). The summed E-state index contributed by atoms with van der Waals surface area (Å²) in [6.07, 6.45) is 0. The van der Waals surface area contributed by atoms with E-state index in [0.717, 1.165) is 11.4 Å². The molecule has 0 aromatic heterocycles. The number of ether oxygens (including phenoxy) is 1. The Morgan fingerprint density at radius 1 is 1.00 bits per heavy atom. The molecule has 90 valence electrons. The predicted molar refractivity (Wildman–Crippen MR) is 73.2 cm³/mol. The van der Waals surface area contributed by atoms with Crippen LogP contribution in [0.1, 0.15) is 5.56 Å². The molecule has 2 aromatic carbocycles. The number of aliphatic imine (C=N–C) groups is 1. The van der Waals surface area contributed by atoms with Gasteiger partial charge in [-0.25, -0.2) is 0 Å². The van der Waals surface area contributed by atoms with Crippen LogP contribution < -0.4 is 4.90 Å². The third kappa shape index (κ3) is 1.95. The zero-order valence-electron chi connectivity index (χ0n) is 10.2. The fourth-order valence-corrected chi connectivity index (χ4v) is 2.02. The average molecular weight is 238 g/mol. The van der Waals surface area contributed by atoms with Crippen LogP contribution in [0.4, 0.5) is 11.4 Å². The third-order valence-corrected chi connectivity index (χ3v) is 2.98. The molecular formula is C15H14N2O. The second-order valence-corrected chi connectivity index (χ2v) is 4.21. The quantitative estimate of drug-likeness (QED) is 0.761. The van der Waals surface area contributed by atoms with E-state index < -0.39 is 0 Å². The van der Waals surface area contributed by atoms with Crippen molar-refractivity contribution in [2.24, 2.45) is 4.99 Å². The lowest BCUT2D eigenvalue weighted by atomic mass is 10.1. The summed E-state index contributed by atoms with van der Waals surface area (Å²) in [6.45, 7) is 0.576. The second kappa shape index (κ2) is 4.53. The van der Waals surface area contributed by atoms with Crippen molar-refractivity contribution in [3.8, 4) is 0 Å². The normalized spacial score (nSPS) is 16.3. The van der Waals surface area contributed by atoms with Gasteiger partial charge in [-0.1, -0.05) is 36.4 Å². The van der Waals surface area contributed by atoms with E-state index in [2.05, 4.69) is 17.1 Å². The van der Waals surface area contributed by atoms with E-state index in [9.17, 15) is 0 Å². The maximum Gasteiger partial charge on any atom is 0.297 e. The summed E-state index contributed by atoms with van der Waals surface area (Å²) in [5.41, 5.74) is 3.24. The Kier molecular flexibility index (Phi) is 2.73. The van der Waals surface area contributed by atoms with Crippen LogP contribution in [0.2, 0.25) is 0 Å². The van der Waals surface area contributed by atoms with Crippen molar-refractivity contribution in [1.29, 1.82) is 0 Å². The van der Waals surface area contributed by atoms with Crippen molar-refractivity contribution < 1.29 is 4.74 Å². The summed E-state index contributed by atoms with van der Waals surface area (Å²) in [5, 5.41) is 0. The summed E-state index contributed by atoms with van der Waals surface area (Å²) in [6, 6.07) is 18.7. The molecule has 0 saturated heterocycles. The van der Waals surface area contributed by atoms with E-state index in [1.54, 1.807) is 0 Å². The van der Waals surface area contributed by atoms with E-state index in [-0.39, 0.29) is 0 Å². The van der Waals surface area contributed by atoms with Gasteiger partial charge >= 0.3 is 0 Å². The van der Waals surface area contributed by atoms with E-state index >= 15 is 0 Å². The number of anilines is 1. The molecule has 0 bridgehead atoms. The fraction of sp³-hybridized carbons (Fsp3) is 0.133. The Labute approximate surface area is 106 Å². The first-order chi connectivity index (χ1) is 8.84. The number of hydrogen-bond donors (Lipinski definition) is 0. The Hall–Kier alpha value is -2.29. The molecule has 3 nitrogen and oxygen atoms in total. The molecule has 0 aliphatic carbocycles. The summed E-state index contributed by atoms with van der Waals surface area (Å²) in [7, 11) is 1.97. The summed E-state index contributed by atoms with van der Waals surface area (Å²) in [4.78, 5) is 6.50. The lowest BCUT2D eigenvalue weighted by molar-refractivity contribution is 0.277. The number of fused-ring (bicyclic) bond motifs is 1. The molecule has 0 saturated carbocycles. The molecule has 1 aliphatic heterocycles. The Bertz CT molecular complexity index is 578. The monoisotopic (exact) mass is 238 g/mol. The SMILES string of the molecule is CN1C(=Nc2ccccc2)OCc2ccccc21. The first kappa shape index (κ1) is 10.8. The molecule has 18 heavy (non-hydrogen) atoms. The molecule has 0 fully saturated rings. The molecule has 1 aliphatic rings. The van der Waals surface area contributed by atoms with Crippen LogP contribution >= 0.6 is 0 Å². The van der Waals surface area contributed by atoms with Gasteiger partial charge in [-0.3, -0.25) is 4.90 Å². The lowest BCUT2D eigenvalue weighted by Gasteiger charge is -2.28. The van der Waals surface area contributed by atoms with Gasteiger partial charge in [-0.15, -0.1) is 0 Å². The minimum absolute atomic E-state index is 0.576. The van der Waals surface area contributed by atoms with Gasteiger partial charge in [-0.05, 0) is 18.2 Å². The zero-order chi connectivity index (χ0) is 12.4. The van der Waals surface area contributed by atoms with E-state index in [1.807, 2.05) is 54.4 Å². The molecule has 0 atom stereocenters. The van der Waals surface area contributed by atoms with Crippen LogP contribution in [0.3, 0.4) is 0 Å². The highest BCUT2D eigenvalue weighted by Crippen LogP contribution is 2.26. The number of nitrogens with zero attached hydrogens (tertiary/aromatic N) is 2. The molecule has 0 amide bonds.